The number of H-pyrrole nitrogens is 1. The van der Waals surface area contributed by atoms with Crippen molar-refractivity contribution >= 4 is 45.7 Å². The molecular formula is C18H18ClFKN5S. The first-order valence-electron chi connectivity index (χ1n) is 7.62. The second kappa shape index (κ2) is 8.81. The molecule has 0 bridgehead atoms. The SMILES string of the molecule is CSC(C)c1c(F)c(Cl)c(-c2ccc3nc(N)cn3c2)c2cn[nH]c12.[CH3-].[K+]. The minimum Gasteiger partial charge on any atom is -0.382 e. The summed E-state index contributed by atoms with van der Waals surface area (Å²) >= 11 is 8.00. The topological polar surface area (TPSA) is 72.0 Å². The Kier molecular flexibility index (Phi) is 7.40. The Hall–Kier alpha value is -0.614. The van der Waals surface area contributed by atoms with E-state index in [1.54, 1.807) is 28.6 Å². The van der Waals surface area contributed by atoms with Crippen molar-refractivity contribution in [2.75, 3.05) is 12.0 Å². The molecule has 0 aliphatic rings. The second-order valence-corrected chi connectivity index (χ2v) is 7.36. The fourth-order valence-electron chi connectivity index (χ4n) is 3.08. The number of pyridine rings is 1. The van der Waals surface area contributed by atoms with Crippen LogP contribution in [0.15, 0.2) is 30.7 Å². The van der Waals surface area contributed by atoms with Gasteiger partial charge in [0.15, 0.2) is 0 Å². The van der Waals surface area contributed by atoms with Crippen LogP contribution in [0.25, 0.3) is 27.7 Å². The Morgan fingerprint density at radius 1 is 1.33 bits per heavy atom. The third-order valence-electron chi connectivity index (χ3n) is 4.35. The number of aromatic amines is 1. The largest absolute Gasteiger partial charge is 1.00 e. The summed E-state index contributed by atoms with van der Waals surface area (Å²) in [5.41, 5.74) is 9.04. The first-order chi connectivity index (χ1) is 12.0. The van der Waals surface area contributed by atoms with Crippen LogP contribution in [0.5, 0.6) is 0 Å². The molecule has 1 unspecified atom stereocenters. The Balaban J connectivity index is 0.00000131. The molecule has 3 aromatic heterocycles. The first kappa shape index (κ1) is 22.7. The molecule has 27 heavy (non-hydrogen) atoms. The van der Waals surface area contributed by atoms with E-state index in [0.29, 0.717) is 28.1 Å². The first-order valence-corrected chi connectivity index (χ1v) is 9.29. The Labute approximate surface area is 208 Å². The molecule has 0 aliphatic carbocycles. The summed E-state index contributed by atoms with van der Waals surface area (Å²) in [7, 11) is 0. The number of imidazole rings is 1. The van der Waals surface area contributed by atoms with Gasteiger partial charge in [-0.05, 0) is 25.3 Å². The molecule has 4 aromatic rings. The third-order valence-corrected chi connectivity index (χ3v) is 5.64. The number of benzene rings is 1. The van der Waals surface area contributed by atoms with Gasteiger partial charge in [0.25, 0.3) is 0 Å². The van der Waals surface area contributed by atoms with E-state index in [1.165, 1.54) is 0 Å². The molecule has 0 amide bonds. The Bertz CT molecular complexity index is 1110. The molecule has 0 saturated heterocycles. The van der Waals surface area contributed by atoms with E-state index in [0.717, 1.165) is 10.9 Å². The number of aromatic nitrogens is 4. The summed E-state index contributed by atoms with van der Waals surface area (Å²) < 4.78 is 16.9. The van der Waals surface area contributed by atoms with Crippen molar-refractivity contribution in [3.05, 3.63) is 54.6 Å². The number of hydrogen-bond acceptors (Lipinski definition) is 4. The number of anilines is 1. The molecule has 0 aliphatic heterocycles. The van der Waals surface area contributed by atoms with Gasteiger partial charge in [-0.3, -0.25) is 5.10 Å². The molecule has 0 radical (unpaired) electrons. The number of nitrogens with one attached hydrogen (secondary N) is 1. The smallest absolute Gasteiger partial charge is 0.382 e. The molecule has 0 saturated carbocycles. The van der Waals surface area contributed by atoms with Gasteiger partial charge in [-0.25, -0.2) is 9.37 Å². The molecule has 5 nitrogen and oxygen atoms in total. The molecule has 136 valence electrons. The molecule has 0 spiro atoms. The van der Waals surface area contributed by atoms with Crippen molar-refractivity contribution in [3.8, 4) is 11.1 Å². The van der Waals surface area contributed by atoms with E-state index in [9.17, 15) is 0 Å². The van der Waals surface area contributed by atoms with E-state index in [-0.39, 0.29) is 69.1 Å². The predicted molar refractivity (Wildman–Crippen MR) is 108 cm³/mol. The number of nitrogen functional groups attached to an aromatic ring is 1. The van der Waals surface area contributed by atoms with Crippen molar-refractivity contribution in [1.29, 1.82) is 0 Å². The van der Waals surface area contributed by atoms with Crippen molar-refractivity contribution in [2.45, 2.75) is 12.2 Å². The van der Waals surface area contributed by atoms with Crippen LogP contribution in [0.1, 0.15) is 17.7 Å². The minimum absolute atomic E-state index is 0. The summed E-state index contributed by atoms with van der Waals surface area (Å²) in [5.74, 6) is 0.00698. The van der Waals surface area contributed by atoms with Crippen LogP contribution in [0.4, 0.5) is 10.2 Å². The van der Waals surface area contributed by atoms with E-state index in [4.69, 9.17) is 17.3 Å². The van der Waals surface area contributed by atoms with Crippen LogP contribution < -0.4 is 57.1 Å². The quantitative estimate of drug-likeness (QED) is 0.386. The zero-order valence-electron chi connectivity index (χ0n) is 15.5. The van der Waals surface area contributed by atoms with E-state index >= 15 is 4.39 Å². The van der Waals surface area contributed by atoms with E-state index in [1.807, 2.05) is 31.5 Å². The second-order valence-electron chi connectivity index (χ2n) is 5.80. The molecule has 9 heteroatoms. The standard InChI is InChI=1S/C17H15ClFN5S.CH3.K/c1-8(25-2)13-16(19)15(18)14(10-5-21-23-17(10)13)9-3-4-12-22-11(20)7-24(12)6-9;;/h3-8H,20H2,1-2H3,(H,21,23);1H3;/q;-1;+1. The van der Waals surface area contributed by atoms with Gasteiger partial charge in [0.05, 0.1) is 22.9 Å². The van der Waals surface area contributed by atoms with Crippen molar-refractivity contribution in [3.63, 3.8) is 0 Å². The molecular weight excluding hydrogens is 412 g/mol. The maximum atomic E-state index is 15.1. The number of rotatable bonds is 3. The molecule has 0 fully saturated rings. The fraction of sp³-hybridized carbons (Fsp3) is 0.167. The Morgan fingerprint density at radius 3 is 2.78 bits per heavy atom. The van der Waals surface area contributed by atoms with Gasteiger partial charge in [-0.1, -0.05) is 11.6 Å². The van der Waals surface area contributed by atoms with Crippen LogP contribution in [-0.2, 0) is 0 Å². The van der Waals surface area contributed by atoms with Crippen LogP contribution in [0.2, 0.25) is 5.02 Å². The average molecular weight is 430 g/mol. The number of thioether (sulfide) groups is 1. The number of fused-ring (bicyclic) bond motifs is 2. The monoisotopic (exact) mass is 429 g/mol. The molecule has 1 atom stereocenters. The van der Waals surface area contributed by atoms with Crippen LogP contribution >= 0.6 is 23.4 Å². The minimum atomic E-state index is -0.416. The molecule has 3 heterocycles. The van der Waals surface area contributed by atoms with Crippen molar-refractivity contribution in [2.24, 2.45) is 0 Å². The molecule has 4 rings (SSSR count). The van der Waals surface area contributed by atoms with Crippen molar-refractivity contribution < 1.29 is 55.8 Å². The van der Waals surface area contributed by atoms with Gasteiger partial charge in [0.1, 0.15) is 17.3 Å². The van der Waals surface area contributed by atoms with Gasteiger partial charge in [-0.15, -0.1) is 0 Å². The van der Waals surface area contributed by atoms with E-state index < -0.39 is 5.82 Å². The molecule has 1 aromatic carbocycles. The van der Waals surface area contributed by atoms with Crippen LogP contribution in [-0.4, -0.2) is 25.8 Å². The van der Waals surface area contributed by atoms with Gasteiger partial charge in [0.2, 0.25) is 0 Å². The summed E-state index contributed by atoms with van der Waals surface area (Å²) in [6, 6.07) is 3.68. The summed E-state index contributed by atoms with van der Waals surface area (Å²) in [5, 5.41) is 7.87. The zero-order chi connectivity index (χ0) is 17.7. The third kappa shape index (κ3) is 3.81. The van der Waals surface area contributed by atoms with Crippen LogP contribution in [0, 0.1) is 13.2 Å². The fourth-order valence-corrected chi connectivity index (χ4v) is 3.85. The zero-order valence-corrected chi connectivity index (χ0v) is 20.2. The van der Waals surface area contributed by atoms with Gasteiger partial charge >= 0.3 is 51.4 Å². The van der Waals surface area contributed by atoms with E-state index in [2.05, 4.69) is 15.2 Å². The summed E-state index contributed by atoms with van der Waals surface area (Å²) in [4.78, 5) is 4.20. The predicted octanol–water partition coefficient (Wildman–Crippen LogP) is 2.13. The van der Waals surface area contributed by atoms with Crippen molar-refractivity contribution in [1.82, 2.24) is 19.6 Å². The number of hydrogen-bond donors (Lipinski definition) is 2. The maximum Gasteiger partial charge on any atom is 1.00 e. The van der Waals surface area contributed by atoms with Gasteiger partial charge < -0.3 is 17.6 Å². The Morgan fingerprint density at radius 2 is 2.07 bits per heavy atom. The number of nitrogens with zero attached hydrogens (tertiary/aromatic N) is 3. The van der Waals surface area contributed by atoms with Gasteiger partial charge in [-0.2, -0.15) is 16.9 Å². The molecule has 3 N–H and O–H groups in total. The van der Waals surface area contributed by atoms with Crippen LogP contribution in [0.3, 0.4) is 0 Å². The number of halogens is 2. The van der Waals surface area contributed by atoms with Gasteiger partial charge in [0, 0.05) is 33.5 Å². The average Bonchev–Trinajstić information content (AvgIpc) is 3.20. The maximum absolute atomic E-state index is 15.1. The normalized spacial score (nSPS) is 12.0. The summed E-state index contributed by atoms with van der Waals surface area (Å²) in [6.07, 6.45) is 7.16. The number of nitrogens with two attached hydrogens (primary N) is 1. The summed E-state index contributed by atoms with van der Waals surface area (Å²) in [6.45, 7) is 1.94.